The maximum atomic E-state index is 13.3. The highest BCUT2D eigenvalue weighted by Gasteiger charge is 2.32. The van der Waals surface area contributed by atoms with E-state index in [4.69, 9.17) is 4.84 Å². The molecule has 138 valence electrons. The number of benzene rings is 1. The van der Waals surface area contributed by atoms with Gasteiger partial charge in [-0.3, -0.25) is 10.3 Å². The molecule has 0 radical (unpaired) electrons. The predicted octanol–water partition coefficient (Wildman–Crippen LogP) is 1.46. The van der Waals surface area contributed by atoms with E-state index in [9.17, 15) is 12.8 Å². The van der Waals surface area contributed by atoms with E-state index in [-0.39, 0.29) is 11.0 Å². The topological polar surface area (TPSA) is 87.7 Å². The molecule has 0 aliphatic carbocycles. The van der Waals surface area contributed by atoms with Crippen molar-refractivity contribution in [2.24, 2.45) is 0 Å². The molecule has 0 saturated carbocycles. The Morgan fingerprint density at radius 1 is 1.23 bits per heavy atom. The van der Waals surface area contributed by atoms with E-state index in [1.54, 1.807) is 30.4 Å². The van der Waals surface area contributed by atoms with Gasteiger partial charge in [-0.2, -0.15) is 5.17 Å². The summed E-state index contributed by atoms with van der Waals surface area (Å²) in [6, 6.07) is 7.49. The highest BCUT2D eigenvalue weighted by atomic mass is 32.2. The monoisotopic (exact) mass is 379 g/mol. The molecule has 2 heterocycles. The van der Waals surface area contributed by atoms with Crippen LogP contribution >= 0.6 is 0 Å². The van der Waals surface area contributed by atoms with Crippen LogP contribution in [0.15, 0.2) is 41.7 Å². The average molecular weight is 379 g/mol. The molecule has 0 atom stereocenters. The Balaban J connectivity index is 2.19. The molecule has 0 saturated heterocycles. The van der Waals surface area contributed by atoms with Crippen molar-refractivity contribution >= 4 is 21.2 Å². The molecule has 1 aliphatic rings. The molecule has 3 rings (SSSR count). The number of sulfone groups is 1. The van der Waals surface area contributed by atoms with Crippen molar-refractivity contribution in [1.29, 1.82) is 0 Å². The lowest BCUT2D eigenvalue weighted by Gasteiger charge is -2.25. The van der Waals surface area contributed by atoms with Crippen LogP contribution in [0.2, 0.25) is 0 Å². The fourth-order valence-electron chi connectivity index (χ4n) is 2.47. The molecular weight excluding hydrogens is 361 g/mol. The normalized spacial score (nSPS) is 15.5. The van der Waals surface area contributed by atoms with E-state index in [0.29, 0.717) is 29.3 Å². The minimum Gasteiger partial charge on any atom is -0.297 e. The second-order valence-corrected chi connectivity index (χ2v) is 7.46. The Hall–Kier alpha value is -2.56. The SMILES string of the molecule is CCON1C(c2ccnc(S(C)(=O)=O)n2)=C(c2ccc(F)cc2)NN1C. The van der Waals surface area contributed by atoms with E-state index in [2.05, 4.69) is 15.4 Å². The molecule has 1 N–H and O–H groups in total. The number of hydrogen-bond donors (Lipinski definition) is 1. The van der Waals surface area contributed by atoms with Crippen molar-refractivity contribution < 1.29 is 17.6 Å². The maximum Gasteiger partial charge on any atom is 0.247 e. The zero-order valence-corrected chi connectivity index (χ0v) is 15.3. The van der Waals surface area contributed by atoms with Crippen molar-refractivity contribution in [3.8, 4) is 0 Å². The summed E-state index contributed by atoms with van der Waals surface area (Å²) < 4.78 is 36.9. The van der Waals surface area contributed by atoms with Crippen LogP contribution in [0.5, 0.6) is 0 Å². The van der Waals surface area contributed by atoms with Crippen molar-refractivity contribution in [3.05, 3.63) is 53.6 Å². The molecule has 0 unspecified atom stereocenters. The van der Waals surface area contributed by atoms with Crippen LogP contribution < -0.4 is 5.43 Å². The molecule has 2 aromatic rings. The number of hydroxylamine groups is 1. The molecule has 0 bridgehead atoms. The van der Waals surface area contributed by atoms with Gasteiger partial charge in [-0.15, -0.1) is 5.12 Å². The number of hydrazine groups is 2. The predicted molar refractivity (Wildman–Crippen MR) is 92.7 cm³/mol. The molecule has 1 aliphatic heterocycles. The van der Waals surface area contributed by atoms with Crippen LogP contribution in [0.3, 0.4) is 0 Å². The average Bonchev–Trinajstić information content (AvgIpc) is 2.92. The highest BCUT2D eigenvalue weighted by Crippen LogP contribution is 2.33. The first-order valence-corrected chi connectivity index (χ1v) is 9.67. The summed E-state index contributed by atoms with van der Waals surface area (Å²) in [7, 11) is -1.85. The summed E-state index contributed by atoms with van der Waals surface area (Å²) in [5, 5.41) is 2.76. The minimum absolute atomic E-state index is 0.285. The van der Waals surface area contributed by atoms with Gasteiger partial charge in [0.2, 0.25) is 15.0 Å². The third-order valence-electron chi connectivity index (χ3n) is 3.57. The van der Waals surface area contributed by atoms with Gasteiger partial charge in [0.05, 0.1) is 18.0 Å². The zero-order chi connectivity index (χ0) is 18.9. The van der Waals surface area contributed by atoms with Crippen molar-refractivity contribution in [2.45, 2.75) is 12.1 Å². The molecule has 1 aromatic carbocycles. The van der Waals surface area contributed by atoms with Crippen LogP contribution in [-0.2, 0) is 14.7 Å². The number of hydrogen-bond acceptors (Lipinski definition) is 8. The number of nitrogens with one attached hydrogen (secondary N) is 1. The van der Waals surface area contributed by atoms with E-state index >= 15 is 0 Å². The van der Waals surface area contributed by atoms with E-state index < -0.39 is 9.84 Å². The molecule has 0 amide bonds. The minimum atomic E-state index is -3.57. The van der Waals surface area contributed by atoms with Gasteiger partial charge in [0.1, 0.15) is 11.5 Å². The molecule has 26 heavy (non-hydrogen) atoms. The molecule has 1 aromatic heterocycles. The Morgan fingerprint density at radius 3 is 2.54 bits per heavy atom. The molecule has 10 heteroatoms. The Morgan fingerprint density at radius 2 is 1.92 bits per heavy atom. The lowest BCUT2D eigenvalue weighted by Crippen LogP contribution is -2.39. The van der Waals surface area contributed by atoms with Crippen molar-refractivity contribution in [1.82, 2.24) is 25.7 Å². The van der Waals surface area contributed by atoms with Gasteiger partial charge in [-0.1, -0.05) is 0 Å². The van der Waals surface area contributed by atoms with Gasteiger partial charge in [0.25, 0.3) is 0 Å². The first kappa shape index (κ1) is 18.2. The maximum absolute atomic E-state index is 13.3. The summed E-state index contributed by atoms with van der Waals surface area (Å²) >= 11 is 0. The summed E-state index contributed by atoms with van der Waals surface area (Å²) in [6.07, 6.45) is 2.41. The van der Waals surface area contributed by atoms with Gasteiger partial charge < -0.3 is 0 Å². The van der Waals surface area contributed by atoms with Crippen LogP contribution in [-0.4, -0.2) is 48.6 Å². The number of aromatic nitrogens is 2. The van der Waals surface area contributed by atoms with Gasteiger partial charge in [0.15, 0.2) is 0 Å². The van der Waals surface area contributed by atoms with Crippen molar-refractivity contribution in [2.75, 3.05) is 19.9 Å². The standard InChI is InChI=1S/C16H18FN5O3S/c1-4-25-22-15(13-9-10-18-16(19-13)26(3,23)24)14(20-21(22)2)11-5-7-12(17)8-6-11/h5-10,20H,4H2,1-3H3. The molecule has 8 nitrogen and oxygen atoms in total. The van der Waals surface area contributed by atoms with Crippen molar-refractivity contribution in [3.63, 3.8) is 0 Å². The van der Waals surface area contributed by atoms with Gasteiger partial charge in [-0.25, -0.2) is 22.8 Å². The number of rotatable bonds is 5. The quantitative estimate of drug-likeness (QED) is 0.782. The van der Waals surface area contributed by atoms with E-state index in [1.165, 1.54) is 23.5 Å². The second kappa shape index (κ2) is 6.98. The first-order chi connectivity index (χ1) is 12.3. The fraction of sp³-hybridized carbons (Fsp3) is 0.250. The molecule has 0 fully saturated rings. The summed E-state index contributed by atoms with van der Waals surface area (Å²) in [5.41, 5.74) is 5.24. The number of halogens is 1. The van der Waals surface area contributed by atoms with Gasteiger partial charge in [0, 0.05) is 25.1 Å². The Bertz CT molecular complexity index is 947. The Kier molecular flexibility index (Phi) is 4.90. The zero-order valence-electron chi connectivity index (χ0n) is 14.5. The number of nitrogens with zero attached hydrogens (tertiary/aromatic N) is 4. The lowest BCUT2D eigenvalue weighted by atomic mass is 10.1. The van der Waals surface area contributed by atoms with Gasteiger partial charge in [-0.05, 0) is 37.3 Å². The largest absolute Gasteiger partial charge is 0.297 e. The third-order valence-corrected chi connectivity index (χ3v) is 4.43. The van der Waals surface area contributed by atoms with Crippen LogP contribution in [0.4, 0.5) is 4.39 Å². The molecule has 0 spiro atoms. The van der Waals surface area contributed by atoms with Crippen LogP contribution in [0.1, 0.15) is 18.2 Å². The van der Waals surface area contributed by atoms with Crippen LogP contribution in [0.25, 0.3) is 11.4 Å². The lowest BCUT2D eigenvalue weighted by molar-refractivity contribution is -0.231. The molecular formula is C16H18FN5O3S. The van der Waals surface area contributed by atoms with E-state index in [0.717, 1.165) is 6.26 Å². The highest BCUT2D eigenvalue weighted by molar-refractivity contribution is 7.90. The first-order valence-electron chi connectivity index (χ1n) is 7.78. The third kappa shape index (κ3) is 3.52. The van der Waals surface area contributed by atoms with E-state index in [1.807, 2.05) is 6.92 Å². The summed E-state index contributed by atoms with van der Waals surface area (Å²) in [6.45, 7) is 2.19. The summed E-state index contributed by atoms with van der Waals surface area (Å²) in [4.78, 5) is 13.6. The smallest absolute Gasteiger partial charge is 0.247 e. The second-order valence-electron chi connectivity index (χ2n) is 5.55. The fourth-order valence-corrected chi connectivity index (χ4v) is 2.99. The van der Waals surface area contributed by atoms with Gasteiger partial charge >= 0.3 is 0 Å². The Labute approximate surface area is 150 Å². The summed E-state index contributed by atoms with van der Waals surface area (Å²) in [5.74, 6) is -0.356. The van der Waals surface area contributed by atoms with Crippen LogP contribution in [0, 0.1) is 5.82 Å².